The predicted molar refractivity (Wildman–Crippen MR) is 75.1 cm³/mol. The smallest absolute Gasteiger partial charge is 0.308 e. The van der Waals surface area contributed by atoms with Crippen LogP contribution in [0.15, 0.2) is 0 Å². The van der Waals surface area contributed by atoms with E-state index >= 15 is 0 Å². The summed E-state index contributed by atoms with van der Waals surface area (Å²) in [6.07, 6.45) is 1.25. The van der Waals surface area contributed by atoms with Crippen molar-refractivity contribution in [2.24, 2.45) is 5.92 Å². The molecule has 0 spiro atoms. The number of nitrogens with zero attached hydrogens (tertiary/aromatic N) is 1. The lowest BCUT2D eigenvalue weighted by Gasteiger charge is -2.30. The van der Waals surface area contributed by atoms with Crippen LogP contribution in [0.1, 0.15) is 33.6 Å². The Morgan fingerprint density at radius 2 is 2.15 bits per heavy atom. The summed E-state index contributed by atoms with van der Waals surface area (Å²) in [5, 5.41) is 11.7. The highest BCUT2D eigenvalue weighted by atomic mass is 32.2. The second-order valence-electron chi connectivity index (χ2n) is 5.69. The number of amides is 2. The minimum Gasteiger partial charge on any atom is -0.481 e. The maximum absolute atomic E-state index is 12.3. The number of carbonyl (C=O) groups is 3. The molecule has 7 heteroatoms. The second-order valence-corrected chi connectivity index (χ2v) is 7.19. The Kier molecular flexibility index (Phi) is 4.00. The monoisotopic (exact) mass is 300 g/mol. The molecule has 0 bridgehead atoms. The molecule has 0 aromatic rings. The first kappa shape index (κ1) is 15.2. The van der Waals surface area contributed by atoms with Crippen LogP contribution < -0.4 is 5.32 Å². The summed E-state index contributed by atoms with van der Waals surface area (Å²) < 4.78 is 0. The third-order valence-corrected chi connectivity index (χ3v) is 5.76. The Bertz CT molecular complexity index is 456. The molecule has 0 aromatic heterocycles. The van der Waals surface area contributed by atoms with Crippen LogP contribution in [0.2, 0.25) is 0 Å². The fraction of sp³-hybridized carbons (Fsp3) is 0.769. The quantitative estimate of drug-likeness (QED) is 0.797. The van der Waals surface area contributed by atoms with Gasteiger partial charge in [-0.2, -0.15) is 0 Å². The molecule has 112 valence electrons. The van der Waals surface area contributed by atoms with Crippen molar-refractivity contribution in [3.63, 3.8) is 0 Å². The van der Waals surface area contributed by atoms with Crippen molar-refractivity contribution in [2.75, 3.05) is 5.75 Å². The third-order valence-electron chi connectivity index (χ3n) is 4.26. The minimum absolute atomic E-state index is 0.0107. The number of hydrogen-bond donors (Lipinski definition) is 2. The molecule has 4 unspecified atom stereocenters. The summed E-state index contributed by atoms with van der Waals surface area (Å²) >= 11 is 1.63. The highest BCUT2D eigenvalue weighted by molar-refractivity contribution is 8.01. The lowest BCUT2D eigenvalue weighted by Crippen LogP contribution is -2.53. The molecule has 0 aliphatic carbocycles. The van der Waals surface area contributed by atoms with Crippen LogP contribution in [0, 0.1) is 5.92 Å². The van der Waals surface area contributed by atoms with E-state index in [9.17, 15) is 14.4 Å². The molecule has 2 aliphatic rings. The molecule has 0 aromatic carbocycles. The maximum Gasteiger partial charge on any atom is 0.308 e. The van der Waals surface area contributed by atoms with Gasteiger partial charge < -0.3 is 15.3 Å². The van der Waals surface area contributed by atoms with E-state index in [-0.39, 0.29) is 16.7 Å². The summed E-state index contributed by atoms with van der Waals surface area (Å²) in [6.45, 7) is 5.21. The average molecular weight is 300 g/mol. The average Bonchev–Trinajstić information content (AvgIpc) is 2.85. The first-order valence-electron chi connectivity index (χ1n) is 6.75. The summed E-state index contributed by atoms with van der Waals surface area (Å²) in [5.41, 5.74) is 0. The van der Waals surface area contributed by atoms with E-state index in [0.29, 0.717) is 12.2 Å². The van der Waals surface area contributed by atoms with Gasteiger partial charge in [-0.15, -0.1) is 11.8 Å². The molecule has 2 aliphatic heterocycles. The van der Waals surface area contributed by atoms with Gasteiger partial charge in [0.1, 0.15) is 6.04 Å². The summed E-state index contributed by atoms with van der Waals surface area (Å²) in [6, 6.07) is -0.946. The van der Waals surface area contributed by atoms with Crippen molar-refractivity contribution < 1.29 is 19.5 Å². The van der Waals surface area contributed by atoms with E-state index in [1.165, 1.54) is 0 Å². The second kappa shape index (κ2) is 5.27. The molecule has 4 atom stereocenters. The van der Waals surface area contributed by atoms with Gasteiger partial charge in [-0.25, -0.2) is 0 Å². The minimum atomic E-state index is -0.944. The SMILES string of the molecule is CC(NC(=O)C1CSC2(C)CCC(=O)N12)C(C)C(=O)O. The highest BCUT2D eigenvalue weighted by Gasteiger charge is 2.53. The molecule has 2 amide bonds. The van der Waals surface area contributed by atoms with E-state index in [2.05, 4.69) is 5.32 Å². The molecule has 2 heterocycles. The van der Waals surface area contributed by atoms with Crippen LogP contribution in [0.4, 0.5) is 0 Å². The summed E-state index contributed by atoms with van der Waals surface area (Å²) in [4.78, 5) is 36.5. The van der Waals surface area contributed by atoms with Crippen LogP contribution in [0.5, 0.6) is 0 Å². The molecular weight excluding hydrogens is 280 g/mol. The van der Waals surface area contributed by atoms with Gasteiger partial charge in [0, 0.05) is 18.2 Å². The Balaban J connectivity index is 2.03. The molecule has 2 fully saturated rings. The van der Waals surface area contributed by atoms with Crippen molar-refractivity contribution >= 4 is 29.5 Å². The lowest BCUT2D eigenvalue weighted by atomic mass is 10.0. The van der Waals surface area contributed by atoms with Gasteiger partial charge in [0.25, 0.3) is 0 Å². The Morgan fingerprint density at radius 3 is 2.75 bits per heavy atom. The van der Waals surface area contributed by atoms with Gasteiger partial charge >= 0.3 is 5.97 Å². The van der Waals surface area contributed by atoms with E-state index in [1.54, 1.807) is 30.5 Å². The first-order valence-corrected chi connectivity index (χ1v) is 7.74. The molecule has 6 nitrogen and oxygen atoms in total. The van der Waals surface area contributed by atoms with Crippen LogP contribution in [0.3, 0.4) is 0 Å². The number of aliphatic carboxylic acids is 1. The Morgan fingerprint density at radius 1 is 1.50 bits per heavy atom. The third kappa shape index (κ3) is 2.51. The predicted octanol–water partition coefficient (Wildman–Crippen LogP) is 0.666. The van der Waals surface area contributed by atoms with Crippen LogP contribution in [0.25, 0.3) is 0 Å². The Hall–Kier alpha value is -1.24. The Labute approximate surface area is 122 Å². The van der Waals surface area contributed by atoms with Gasteiger partial charge in [0.05, 0.1) is 10.8 Å². The number of fused-ring (bicyclic) bond motifs is 1. The van der Waals surface area contributed by atoms with Gasteiger partial charge in [-0.05, 0) is 27.2 Å². The molecule has 2 saturated heterocycles. The number of nitrogens with one attached hydrogen (secondary N) is 1. The summed E-state index contributed by atoms with van der Waals surface area (Å²) in [7, 11) is 0. The van der Waals surface area contributed by atoms with Crippen molar-refractivity contribution in [3.8, 4) is 0 Å². The molecule has 2 N–H and O–H groups in total. The molecule has 2 rings (SSSR count). The topological polar surface area (TPSA) is 86.7 Å². The fourth-order valence-electron chi connectivity index (χ4n) is 2.67. The normalized spacial score (nSPS) is 31.9. The molecule has 20 heavy (non-hydrogen) atoms. The largest absolute Gasteiger partial charge is 0.481 e. The number of thioether (sulfide) groups is 1. The molecule has 0 radical (unpaired) electrons. The van der Waals surface area contributed by atoms with E-state index in [1.807, 2.05) is 6.92 Å². The maximum atomic E-state index is 12.3. The fourth-order valence-corrected chi connectivity index (χ4v) is 4.11. The van der Waals surface area contributed by atoms with E-state index in [0.717, 1.165) is 6.42 Å². The highest BCUT2D eigenvalue weighted by Crippen LogP contribution is 2.47. The van der Waals surface area contributed by atoms with Gasteiger partial charge in [0.2, 0.25) is 11.8 Å². The number of carboxylic acids is 1. The van der Waals surface area contributed by atoms with Gasteiger partial charge in [-0.1, -0.05) is 0 Å². The number of carboxylic acid groups (broad SMARTS) is 1. The number of rotatable bonds is 4. The summed E-state index contributed by atoms with van der Waals surface area (Å²) in [5.74, 6) is -1.27. The zero-order valence-corrected chi connectivity index (χ0v) is 12.7. The number of hydrogen-bond acceptors (Lipinski definition) is 4. The van der Waals surface area contributed by atoms with Crippen molar-refractivity contribution in [1.82, 2.24) is 10.2 Å². The standard InChI is InChI=1S/C13H20N2O4S/c1-7(12(18)19)8(2)14-11(17)9-6-20-13(3)5-4-10(16)15(9)13/h7-9H,4-6H2,1-3H3,(H,14,17)(H,18,19). The van der Waals surface area contributed by atoms with Crippen LogP contribution >= 0.6 is 11.8 Å². The number of carbonyl (C=O) groups excluding carboxylic acids is 2. The lowest BCUT2D eigenvalue weighted by molar-refractivity contribution is -0.143. The van der Waals surface area contributed by atoms with E-state index < -0.39 is 24.0 Å². The van der Waals surface area contributed by atoms with Crippen molar-refractivity contribution in [3.05, 3.63) is 0 Å². The van der Waals surface area contributed by atoms with Crippen molar-refractivity contribution in [2.45, 2.75) is 50.6 Å². The van der Waals surface area contributed by atoms with Crippen LogP contribution in [-0.4, -0.2) is 50.5 Å². The zero-order valence-electron chi connectivity index (χ0n) is 11.9. The molecule has 0 saturated carbocycles. The first-order chi connectivity index (χ1) is 9.26. The molecular formula is C13H20N2O4S. The van der Waals surface area contributed by atoms with Crippen LogP contribution in [-0.2, 0) is 14.4 Å². The van der Waals surface area contributed by atoms with Crippen molar-refractivity contribution in [1.29, 1.82) is 0 Å². The van der Waals surface area contributed by atoms with Gasteiger partial charge in [-0.3, -0.25) is 14.4 Å². The van der Waals surface area contributed by atoms with E-state index in [4.69, 9.17) is 5.11 Å². The zero-order chi connectivity index (χ0) is 15.1. The van der Waals surface area contributed by atoms with Gasteiger partial charge in [0.15, 0.2) is 0 Å².